The maximum atomic E-state index is 12.9. The van der Waals surface area contributed by atoms with Gasteiger partial charge in [0.2, 0.25) is 0 Å². The molecule has 0 saturated carbocycles. The lowest BCUT2D eigenvalue weighted by Gasteiger charge is -2.28. The molecule has 24 heavy (non-hydrogen) atoms. The second kappa shape index (κ2) is 7.88. The van der Waals surface area contributed by atoms with Crippen molar-refractivity contribution in [2.24, 2.45) is 0 Å². The number of ether oxygens (including phenoxy) is 1. The number of hydrogen-bond acceptors (Lipinski definition) is 3. The number of aromatic amines is 1. The number of anilines is 1. The predicted octanol–water partition coefficient (Wildman–Crippen LogP) is 1.45. The molecule has 2 N–H and O–H groups in total. The quantitative estimate of drug-likeness (QED) is 0.903. The van der Waals surface area contributed by atoms with E-state index in [9.17, 15) is 9.18 Å². The highest BCUT2D eigenvalue weighted by atomic mass is 19.1. The minimum Gasteiger partial charge on any atom is -0.378 e. The molecule has 2 aromatic rings. The van der Waals surface area contributed by atoms with Crippen molar-refractivity contribution < 1.29 is 18.9 Å². The number of carbonyl (C=O) groups excluding carboxylic acids is 1. The number of aromatic nitrogens is 1. The third kappa shape index (κ3) is 4.29. The van der Waals surface area contributed by atoms with Crippen LogP contribution in [0.4, 0.5) is 10.1 Å². The van der Waals surface area contributed by atoms with Crippen LogP contribution in [0.5, 0.6) is 0 Å². The van der Waals surface area contributed by atoms with Gasteiger partial charge in [0.15, 0.2) is 6.20 Å². The third-order valence-corrected chi connectivity index (χ3v) is 4.02. The summed E-state index contributed by atoms with van der Waals surface area (Å²) in [5.74, 6) is -0.399. The largest absolute Gasteiger partial charge is 0.378 e. The fraction of sp³-hybridized carbons (Fsp3) is 0.333. The van der Waals surface area contributed by atoms with Crippen molar-refractivity contribution in [2.45, 2.75) is 6.42 Å². The van der Waals surface area contributed by atoms with Crippen LogP contribution in [-0.2, 0) is 11.2 Å². The van der Waals surface area contributed by atoms with Gasteiger partial charge < -0.3 is 15.0 Å². The number of H-pyrrole nitrogens is 1. The summed E-state index contributed by atoms with van der Waals surface area (Å²) in [5.41, 5.74) is 2.53. The van der Waals surface area contributed by atoms with Crippen LogP contribution in [0.3, 0.4) is 0 Å². The van der Waals surface area contributed by atoms with E-state index in [1.54, 1.807) is 18.3 Å². The molecule has 0 spiro atoms. The number of halogens is 1. The van der Waals surface area contributed by atoms with Crippen LogP contribution in [-0.4, -0.2) is 38.8 Å². The number of amides is 1. The van der Waals surface area contributed by atoms with Crippen LogP contribution in [0.15, 0.2) is 42.6 Å². The highest BCUT2D eigenvalue weighted by Gasteiger charge is 2.17. The van der Waals surface area contributed by atoms with E-state index >= 15 is 0 Å². The summed E-state index contributed by atoms with van der Waals surface area (Å²) in [6, 6.07) is 10.1. The maximum absolute atomic E-state index is 12.9. The van der Waals surface area contributed by atoms with Crippen LogP contribution >= 0.6 is 0 Å². The van der Waals surface area contributed by atoms with Gasteiger partial charge in [-0.1, -0.05) is 12.1 Å². The number of pyridine rings is 1. The summed E-state index contributed by atoms with van der Waals surface area (Å²) in [6.45, 7) is 3.57. The summed E-state index contributed by atoms with van der Waals surface area (Å²) in [4.78, 5) is 17.5. The number of rotatable bonds is 5. The Morgan fingerprint density at radius 1 is 1.21 bits per heavy atom. The molecule has 1 amide bonds. The molecule has 1 fully saturated rings. The molecule has 0 bridgehead atoms. The highest BCUT2D eigenvalue weighted by Crippen LogP contribution is 2.14. The topological polar surface area (TPSA) is 55.7 Å². The molecule has 126 valence electrons. The van der Waals surface area contributed by atoms with E-state index in [0.717, 1.165) is 24.3 Å². The summed E-state index contributed by atoms with van der Waals surface area (Å²) in [6.07, 6.45) is 2.44. The molecule has 1 saturated heterocycles. The number of carbonyl (C=O) groups is 1. The Kier molecular flexibility index (Phi) is 5.38. The average molecular weight is 330 g/mol. The first-order chi connectivity index (χ1) is 11.7. The summed E-state index contributed by atoms with van der Waals surface area (Å²) in [7, 11) is 0. The second-order valence-electron chi connectivity index (χ2n) is 5.69. The van der Waals surface area contributed by atoms with Gasteiger partial charge in [-0.15, -0.1) is 0 Å². The van der Waals surface area contributed by atoms with Crippen LogP contribution in [0.25, 0.3) is 0 Å². The van der Waals surface area contributed by atoms with Crippen LogP contribution in [0.2, 0.25) is 0 Å². The van der Waals surface area contributed by atoms with Gasteiger partial charge >= 0.3 is 5.91 Å². The Bertz CT molecular complexity index is 685. The average Bonchev–Trinajstić information content (AvgIpc) is 2.64. The highest BCUT2D eigenvalue weighted by molar-refractivity contribution is 5.91. The molecule has 0 aliphatic carbocycles. The Morgan fingerprint density at radius 2 is 1.96 bits per heavy atom. The lowest BCUT2D eigenvalue weighted by molar-refractivity contribution is -0.381. The first-order valence-corrected chi connectivity index (χ1v) is 8.09. The Labute approximate surface area is 140 Å². The van der Waals surface area contributed by atoms with Crippen molar-refractivity contribution >= 4 is 11.6 Å². The molecular weight excluding hydrogens is 309 g/mol. The molecule has 0 radical (unpaired) electrons. The number of benzene rings is 1. The third-order valence-electron chi connectivity index (χ3n) is 4.02. The van der Waals surface area contributed by atoms with E-state index < -0.39 is 0 Å². The monoisotopic (exact) mass is 330 g/mol. The van der Waals surface area contributed by atoms with Crippen LogP contribution in [0, 0.1) is 5.82 Å². The zero-order valence-electron chi connectivity index (χ0n) is 13.4. The molecule has 2 heterocycles. The summed E-state index contributed by atoms with van der Waals surface area (Å²) in [5, 5.41) is 2.89. The zero-order valence-corrected chi connectivity index (χ0v) is 13.4. The Hall–Kier alpha value is -2.47. The van der Waals surface area contributed by atoms with Gasteiger partial charge in [-0.05, 0) is 24.1 Å². The molecule has 0 atom stereocenters. The number of nitrogens with one attached hydrogen (secondary N) is 2. The fourth-order valence-electron chi connectivity index (χ4n) is 2.67. The van der Waals surface area contributed by atoms with E-state index in [4.69, 9.17) is 4.74 Å². The van der Waals surface area contributed by atoms with E-state index in [-0.39, 0.29) is 11.7 Å². The normalized spacial score (nSPS) is 14.5. The molecule has 1 aromatic heterocycles. The SMILES string of the molecule is O=C(NCCc1ccc(F)cc1)c1cc(N2CCOCC2)cc[nH+]1. The predicted molar refractivity (Wildman–Crippen MR) is 88.5 cm³/mol. The van der Waals surface area contributed by atoms with E-state index in [1.165, 1.54) is 12.1 Å². The van der Waals surface area contributed by atoms with Crippen LogP contribution in [0.1, 0.15) is 16.1 Å². The summed E-state index contributed by atoms with van der Waals surface area (Å²) < 4.78 is 18.2. The molecule has 5 nitrogen and oxygen atoms in total. The molecule has 6 heteroatoms. The van der Waals surface area contributed by atoms with Crippen molar-refractivity contribution in [3.05, 3.63) is 59.7 Å². The minimum atomic E-state index is -0.252. The second-order valence-corrected chi connectivity index (χ2v) is 5.69. The van der Waals surface area contributed by atoms with Gasteiger partial charge in [-0.2, -0.15) is 0 Å². The molecule has 3 rings (SSSR count). The molecule has 1 aromatic carbocycles. The molecule has 1 aliphatic heterocycles. The first kappa shape index (κ1) is 16.4. The smallest absolute Gasteiger partial charge is 0.316 e. The molecule has 0 unspecified atom stereocenters. The number of morpholine rings is 1. The molecule has 1 aliphatic rings. The van der Waals surface area contributed by atoms with Gasteiger partial charge in [0.05, 0.1) is 13.2 Å². The van der Waals surface area contributed by atoms with Gasteiger partial charge in [0, 0.05) is 37.5 Å². The number of hydrogen-bond donors (Lipinski definition) is 1. The minimum absolute atomic E-state index is 0.146. The Morgan fingerprint density at radius 3 is 2.71 bits per heavy atom. The van der Waals surface area contributed by atoms with Crippen molar-refractivity contribution in [2.75, 3.05) is 37.7 Å². The molecular formula is C18H21FN3O2+. The standard InChI is InChI=1S/C18H20FN3O2/c19-15-3-1-14(2-4-15)5-7-21-18(23)17-13-16(6-8-20-17)22-9-11-24-12-10-22/h1-4,6,8,13H,5,7,9-12H2,(H,21,23)/p+1. The van der Waals surface area contributed by atoms with Crippen molar-refractivity contribution in [1.29, 1.82) is 0 Å². The summed E-state index contributed by atoms with van der Waals surface area (Å²) >= 11 is 0. The first-order valence-electron chi connectivity index (χ1n) is 8.09. The van der Waals surface area contributed by atoms with E-state index in [2.05, 4.69) is 15.2 Å². The van der Waals surface area contributed by atoms with E-state index in [0.29, 0.717) is 31.9 Å². The van der Waals surface area contributed by atoms with Crippen molar-refractivity contribution in [1.82, 2.24) is 5.32 Å². The lowest BCUT2D eigenvalue weighted by Crippen LogP contribution is -2.37. The maximum Gasteiger partial charge on any atom is 0.316 e. The van der Waals surface area contributed by atoms with Gasteiger partial charge in [-0.25, -0.2) is 9.37 Å². The van der Waals surface area contributed by atoms with Gasteiger partial charge in [0.1, 0.15) is 5.82 Å². The number of nitrogens with zero attached hydrogens (tertiary/aromatic N) is 1. The zero-order chi connectivity index (χ0) is 16.8. The Balaban J connectivity index is 1.55. The van der Waals surface area contributed by atoms with Gasteiger partial charge in [-0.3, -0.25) is 4.79 Å². The van der Waals surface area contributed by atoms with Crippen molar-refractivity contribution in [3.8, 4) is 0 Å². The van der Waals surface area contributed by atoms with Crippen LogP contribution < -0.4 is 15.2 Å². The lowest BCUT2D eigenvalue weighted by atomic mass is 10.1. The fourth-order valence-corrected chi connectivity index (χ4v) is 2.67. The van der Waals surface area contributed by atoms with E-state index in [1.807, 2.05) is 12.1 Å². The van der Waals surface area contributed by atoms with Crippen molar-refractivity contribution in [3.63, 3.8) is 0 Å². The van der Waals surface area contributed by atoms with Gasteiger partial charge in [0.25, 0.3) is 5.69 Å².